The molecule has 0 N–H and O–H groups in total. The second-order valence-electron chi connectivity index (χ2n) is 7.52. The molecule has 0 saturated carbocycles. The molecule has 1 amide bonds. The highest BCUT2D eigenvalue weighted by atomic mass is 32.2. The van der Waals surface area contributed by atoms with E-state index in [1.54, 1.807) is 16.4 Å². The SMILES string of the molecule is CCN1C(=O)C(=Cc2c(C)c(C#N)c(=O)n(CC)c2N2CCCC(C)C2)SC1=S. The number of nitriles is 1. The van der Waals surface area contributed by atoms with Crippen molar-refractivity contribution in [2.45, 2.75) is 47.1 Å². The van der Waals surface area contributed by atoms with E-state index in [0.29, 0.717) is 33.8 Å². The van der Waals surface area contributed by atoms with Crippen molar-refractivity contribution in [1.29, 1.82) is 5.26 Å². The maximum atomic E-state index is 13.0. The largest absolute Gasteiger partial charge is 0.357 e. The minimum atomic E-state index is -0.265. The number of piperidine rings is 1. The van der Waals surface area contributed by atoms with Crippen LogP contribution < -0.4 is 10.5 Å². The van der Waals surface area contributed by atoms with Gasteiger partial charge in [-0.25, -0.2) is 0 Å². The first kappa shape index (κ1) is 21.6. The summed E-state index contributed by atoms with van der Waals surface area (Å²) < 4.78 is 2.22. The van der Waals surface area contributed by atoms with E-state index in [1.807, 2.05) is 19.9 Å². The number of amides is 1. The normalized spacial score (nSPS) is 21.2. The second-order valence-corrected chi connectivity index (χ2v) is 9.19. The molecular formula is C21H26N4O2S2. The van der Waals surface area contributed by atoms with Crippen molar-refractivity contribution < 1.29 is 4.79 Å². The van der Waals surface area contributed by atoms with Crippen molar-refractivity contribution >= 4 is 46.1 Å². The maximum absolute atomic E-state index is 13.0. The molecule has 3 heterocycles. The third-order valence-electron chi connectivity index (χ3n) is 5.58. The van der Waals surface area contributed by atoms with Gasteiger partial charge in [-0.3, -0.25) is 19.1 Å². The molecular weight excluding hydrogens is 404 g/mol. The van der Waals surface area contributed by atoms with E-state index in [2.05, 4.69) is 17.9 Å². The van der Waals surface area contributed by atoms with Crippen molar-refractivity contribution in [2.24, 2.45) is 5.92 Å². The topological polar surface area (TPSA) is 69.3 Å². The van der Waals surface area contributed by atoms with E-state index in [9.17, 15) is 14.9 Å². The molecule has 1 aromatic rings. The molecule has 2 aliphatic heterocycles. The van der Waals surface area contributed by atoms with Crippen molar-refractivity contribution in [3.63, 3.8) is 0 Å². The first-order valence-electron chi connectivity index (χ1n) is 10.0. The van der Waals surface area contributed by atoms with Crippen molar-refractivity contribution in [2.75, 3.05) is 24.5 Å². The molecule has 154 valence electrons. The van der Waals surface area contributed by atoms with Gasteiger partial charge >= 0.3 is 0 Å². The summed E-state index contributed by atoms with van der Waals surface area (Å²) in [7, 11) is 0. The number of hydrogen-bond acceptors (Lipinski definition) is 6. The average molecular weight is 431 g/mol. The summed E-state index contributed by atoms with van der Waals surface area (Å²) in [5, 5.41) is 9.62. The molecule has 0 aromatic carbocycles. The van der Waals surface area contributed by atoms with Gasteiger partial charge in [-0.1, -0.05) is 30.9 Å². The van der Waals surface area contributed by atoms with Gasteiger partial charge in [0.05, 0.1) is 4.91 Å². The van der Waals surface area contributed by atoms with Crippen molar-refractivity contribution in [3.05, 3.63) is 31.9 Å². The predicted octanol–water partition coefficient (Wildman–Crippen LogP) is 3.51. The fraction of sp³-hybridized carbons (Fsp3) is 0.524. The second kappa shape index (κ2) is 8.72. The van der Waals surface area contributed by atoms with Gasteiger partial charge in [0.1, 0.15) is 21.8 Å². The molecule has 3 rings (SSSR count). The molecule has 0 bridgehead atoms. The standard InChI is InChI=1S/C21H26N4O2S2/c1-5-24-18(23-9-7-8-13(3)12-23)15(14(4)16(11-22)19(24)26)10-17-20(27)25(6-2)21(28)29-17/h10,13H,5-9,12H2,1-4H3. The summed E-state index contributed by atoms with van der Waals surface area (Å²) >= 11 is 6.62. The van der Waals surface area contributed by atoms with Crippen LogP contribution in [0.5, 0.6) is 0 Å². The fourth-order valence-corrected chi connectivity index (χ4v) is 5.43. The van der Waals surface area contributed by atoms with Gasteiger partial charge < -0.3 is 4.90 Å². The Bertz CT molecular complexity index is 990. The molecule has 0 spiro atoms. The number of carbonyl (C=O) groups is 1. The molecule has 0 radical (unpaired) electrons. The molecule has 2 fully saturated rings. The lowest BCUT2D eigenvalue weighted by Gasteiger charge is -2.35. The Morgan fingerprint density at radius 3 is 2.59 bits per heavy atom. The predicted molar refractivity (Wildman–Crippen MR) is 122 cm³/mol. The molecule has 1 aromatic heterocycles. The van der Waals surface area contributed by atoms with Crippen LogP contribution >= 0.6 is 24.0 Å². The summed E-state index contributed by atoms with van der Waals surface area (Å²) in [4.78, 5) is 30.1. The maximum Gasteiger partial charge on any atom is 0.270 e. The molecule has 6 nitrogen and oxygen atoms in total. The van der Waals surface area contributed by atoms with Crippen LogP contribution in [0, 0.1) is 24.2 Å². The minimum Gasteiger partial charge on any atom is -0.357 e. The van der Waals surface area contributed by atoms with E-state index in [-0.39, 0.29) is 17.0 Å². The average Bonchev–Trinajstić information content (AvgIpc) is 2.96. The number of anilines is 1. The summed E-state index contributed by atoms with van der Waals surface area (Å²) in [5.74, 6) is 1.21. The third kappa shape index (κ3) is 3.86. The van der Waals surface area contributed by atoms with Crippen molar-refractivity contribution in [1.82, 2.24) is 9.47 Å². The number of thioether (sulfide) groups is 1. The Hall–Kier alpha value is -2.11. The van der Waals surface area contributed by atoms with Crippen LogP contribution in [0.3, 0.4) is 0 Å². The van der Waals surface area contributed by atoms with Crippen LogP contribution in [-0.4, -0.2) is 39.3 Å². The summed E-state index contributed by atoms with van der Waals surface area (Å²) in [6, 6.07) is 2.07. The Morgan fingerprint density at radius 2 is 2.03 bits per heavy atom. The van der Waals surface area contributed by atoms with Crippen LogP contribution in [0.15, 0.2) is 9.70 Å². The zero-order chi connectivity index (χ0) is 21.3. The first-order chi connectivity index (χ1) is 13.8. The lowest BCUT2D eigenvalue weighted by Crippen LogP contribution is -2.40. The van der Waals surface area contributed by atoms with Crippen molar-refractivity contribution in [3.8, 4) is 6.07 Å². The third-order valence-corrected chi connectivity index (χ3v) is 6.96. The Kier molecular flexibility index (Phi) is 6.49. The molecule has 1 atom stereocenters. The molecule has 1 unspecified atom stereocenters. The smallest absolute Gasteiger partial charge is 0.270 e. The van der Waals surface area contributed by atoms with Gasteiger partial charge in [0.15, 0.2) is 0 Å². The van der Waals surface area contributed by atoms with E-state index < -0.39 is 0 Å². The molecule has 0 aliphatic carbocycles. The van der Waals surface area contributed by atoms with E-state index in [1.165, 1.54) is 11.8 Å². The summed E-state index contributed by atoms with van der Waals surface area (Å²) in [6.07, 6.45) is 4.04. The number of rotatable bonds is 4. The van der Waals surface area contributed by atoms with Gasteiger partial charge in [-0.05, 0) is 51.2 Å². The quantitative estimate of drug-likeness (QED) is 0.538. The Morgan fingerprint density at radius 1 is 1.31 bits per heavy atom. The number of thiocarbonyl (C=S) groups is 1. The lowest BCUT2D eigenvalue weighted by atomic mass is 9.98. The molecule has 2 saturated heterocycles. The van der Waals surface area contributed by atoms with Crippen LogP contribution in [0.2, 0.25) is 0 Å². The van der Waals surface area contributed by atoms with Gasteiger partial charge in [0.2, 0.25) is 0 Å². The van der Waals surface area contributed by atoms with E-state index in [4.69, 9.17) is 12.2 Å². The number of aromatic nitrogens is 1. The highest BCUT2D eigenvalue weighted by Gasteiger charge is 2.32. The zero-order valence-corrected chi connectivity index (χ0v) is 19.0. The van der Waals surface area contributed by atoms with Gasteiger partial charge in [0.25, 0.3) is 11.5 Å². The number of likely N-dealkylation sites (N-methyl/N-ethyl adjacent to an activating group) is 1. The van der Waals surface area contributed by atoms with Crippen LogP contribution in [0.1, 0.15) is 50.3 Å². The van der Waals surface area contributed by atoms with Gasteiger partial charge in [0, 0.05) is 31.7 Å². The zero-order valence-electron chi connectivity index (χ0n) is 17.3. The van der Waals surface area contributed by atoms with Crippen LogP contribution in [-0.2, 0) is 11.3 Å². The number of nitrogens with zero attached hydrogens (tertiary/aromatic N) is 4. The number of pyridine rings is 1. The summed E-state index contributed by atoms with van der Waals surface area (Å²) in [5.41, 5.74) is 1.27. The number of hydrogen-bond donors (Lipinski definition) is 0. The lowest BCUT2D eigenvalue weighted by molar-refractivity contribution is -0.121. The minimum absolute atomic E-state index is 0.118. The highest BCUT2D eigenvalue weighted by molar-refractivity contribution is 8.26. The Labute approximate surface area is 181 Å². The molecule has 8 heteroatoms. The monoisotopic (exact) mass is 430 g/mol. The van der Waals surface area contributed by atoms with E-state index in [0.717, 1.165) is 37.3 Å². The van der Waals surface area contributed by atoms with E-state index >= 15 is 0 Å². The molecule has 29 heavy (non-hydrogen) atoms. The van der Waals surface area contributed by atoms with Crippen LogP contribution in [0.4, 0.5) is 5.82 Å². The fourth-order valence-electron chi connectivity index (χ4n) is 4.06. The number of carbonyl (C=O) groups excluding carboxylic acids is 1. The first-order valence-corrected chi connectivity index (χ1v) is 11.2. The summed E-state index contributed by atoms with van der Waals surface area (Å²) in [6.45, 7) is 10.5. The highest BCUT2D eigenvalue weighted by Crippen LogP contribution is 2.36. The van der Waals surface area contributed by atoms with Gasteiger partial charge in [-0.2, -0.15) is 5.26 Å². The van der Waals surface area contributed by atoms with Crippen LogP contribution in [0.25, 0.3) is 6.08 Å². The van der Waals surface area contributed by atoms with Gasteiger partial charge in [-0.15, -0.1) is 0 Å². The molecule has 2 aliphatic rings. The Balaban J connectivity index is 2.26.